The molecular formula is C17H17FN2O. The van der Waals surface area contributed by atoms with Crippen LogP contribution in [-0.2, 0) is 0 Å². The Morgan fingerprint density at radius 2 is 1.90 bits per heavy atom. The van der Waals surface area contributed by atoms with E-state index < -0.39 is 0 Å². The first-order chi connectivity index (χ1) is 10.2. The normalized spacial score (nSPS) is 15.5. The predicted molar refractivity (Wildman–Crippen MR) is 78.2 cm³/mol. The molecule has 0 spiro atoms. The van der Waals surface area contributed by atoms with E-state index in [9.17, 15) is 9.18 Å². The highest BCUT2D eigenvalue weighted by molar-refractivity contribution is 5.94. The van der Waals surface area contributed by atoms with Gasteiger partial charge in [0, 0.05) is 29.6 Å². The summed E-state index contributed by atoms with van der Waals surface area (Å²) in [5.74, 6) is -0.325. The number of halogens is 1. The van der Waals surface area contributed by atoms with Crippen LogP contribution in [0, 0.1) is 5.82 Å². The summed E-state index contributed by atoms with van der Waals surface area (Å²) in [7, 11) is 0. The van der Waals surface area contributed by atoms with Crippen LogP contribution >= 0.6 is 0 Å². The van der Waals surface area contributed by atoms with Crippen molar-refractivity contribution in [2.45, 2.75) is 31.8 Å². The van der Waals surface area contributed by atoms with E-state index >= 15 is 0 Å². The lowest BCUT2D eigenvalue weighted by Crippen LogP contribution is -2.36. The molecule has 1 atom stereocenters. The van der Waals surface area contributed by atoms with Crippen molar-refractivity contribution in [3.8, 4) is 0 Å². The fourth-order valence-electron chi connectivity index (χ4n) is 2.62. The fraction of sp³-hybridized carbons (Fsp3) is 0.294. The first kappa shape index (κ1) is 13.7. The van der Waals surface area contributed by atoms with Gasteiger partial charge in [-0.3, -0.25) is 9.78 Å². The van der Waals surface area contributed by atoms with Gasteiger partial charge < -0.3 is 4.90 Å². The molecule has 1 unspecified atom stereocenters. The number of carbonyl (C=O) groups excluding carboxylic acids is 1. The minimum Gasteiger partial charge on any atom is -0.329 e. The van der Waals surface area contributed by atoms with E-state index in [1.807, 2.05) is 6.92 Å². The summed E-state index contributed by atoms with van der Waals surface area (Å²) in [6.07, 6.45) is 5.17. The Balaban J connectivity index is 1.92. The lowest BCUT2D eigenvalue weighted by atomic mass is 10.0. The molecule has 1 fully saturated rings. The average Bonchev–Trinajstić information content (AvgIpc) is 3.33. The number of aromatic nitrogens is 1. The maximum atomic E-state index is 14.0. The highest BCUT2D eigenvalue weighted by Crippen LogP contribution is 2.36. The van der Waals surface area contributed by atoms with Gasteiger partial charge in [-0.15, -0.1) is 0 Å². The molecule has 1 heterocycles. The van der Waals surface area contributed by atoms with Crippen molar-refractivity contribution >= 4 is 5.91 Å². The zero-order chi connectivity index (χ0) is 14.8. The average molecular weight is 284 g/mol. The molecule has 2 aromatic rings. The number of nitrogens with zero attached hydrogens (tertiary/aromatic N) is 2. The summed E-state index contributed by atoms with van der Waals surface area (Å²) in [6.45, 7) is 1.88. The molecule has 1 aromatic heterocycles. The number of carbonyl (C=O) groups is 1. The topological polar surface area (TPSA) is 33.2 Å². The Hall–Kier alpha value is -2.23. The zero-order valence-electron chi connectivity index (χ0n) is 11.9. The molecule has 0 N–H and O–H groups in total. The number of pyridine rings is 1. The van der Waals surface area contributed by atoms with Crippen molar-refractivity contribution in [1.29, 1.82) is 0 Å². The Kier molecular flexibility index (Phi) is 3.69. The quantitative estimate of drug-likeness (QED) is 0.859. The molecule has 0 bridgehead atoms. The monoisotopic (exact) mass is 284 g/mol. The van der Waals surface area contributed by atoms with Gasteiger partial charge in [-0.2, -0.15) is 0 Å². The zero-order valence-corrected chi connectivity index (χ0v) is 11.9. The molecule has 1 aliphatic carbocycles. The molecule has 1 aromatic carbocycles. The minimum absolute atomic E-state index is 0.0596. The molecule has 108 valence electrons. The van der Waals surface area contributed by atoms with Gasteiger partial charge in [-0.05, 0) is 38.0 Å². The summed E-state index contributed by atoms with van der Waals surface area (Å²) >= 11 is 0. The van der Waals surface area contributed by atoms with Gasteiger partial charge in [0.05, 0.1) is 6.04 Å². The van der Waals surface area contributed by atoms with Crippen LogP contribution in [0.15, 0.2) is 48.8 Å². The van der Waals surface area contributed by atoms with Crippen molar-refractivity contribution in [2.75, 3.05) is 0 Å². The third kappa shape index (κ3) is 2.79. The lowest BCUT2D eigenvalue weighted by molar-refractivity contribution is 0.0671. The molecule has 1 aliphatic rings. The summed E-state index contributed by atoms with van der Waals surface area (Å²) in [5.41, 5.74) is 1.16. The maximum Gasteiger partial charge on any atom is 0.254 e. The van der Waals surface area contributed by atoms with E-state index in [4.69, 9.17) is 0 Å². The molecule has 3 nitrogen and oxygen atoms in total. The second-order valence-electron chi connectivity index (χ2n) is 5.38. The summed E-state index contributed by atoms with van der Waals surface area (Å²) < 4.78 is 14.0. The molecule has 3 rings (SSSR count). The lowest BCUT2D eigenvalue weighted by Gasteiger charge is -2.30. The van der Waals surface area contributed by atoms with E-state index in [1.165, 1.54) is 6.07 Å². The molecule has 21 heavy (non-hydrogen) atoms. The van der Waals surface area contributed by atoms with Crippen LogP contribution in [0.2, 0.25) is 0 Å². The van der Waals surface area contributed by atoms with Crippen LogP contribution in [-0.4, -0.2) is 21.8 Å². The summed E-state index contributed by atoms with van der Waals surface area (Å²) in [6, 6.07) is 9.98. The second-order valence-corrected chi connectivity index (χ2v) is 5.38. The third-order valence-corrected chi connectivity index (χ3v) is 3.87. The molecule has 0 radical (unpaired) electrons. The van der Waals surface area contributed by atoms with E-state index in [0.717, 1.165) is 12.8 Å². The largest absolute Gasteiger partial charge is 0.329 e. The van der Waals surface area contributed by atoms with E-state index in [0.29, 0.717) is 11.1 Å². The molecule has 0 saturated heterocycles. The highest BCUT2D eigenvalue weighted by Gasteiger charge is 2.37. The number of amides is 1. The van der Waals surface area contributed by atoms with Gasteiger partial charge in [-0.25, -0.2) is 4.39 Å². The standard InChI is InChI=1S/C17H17FN2O/c1-12(15-4-2-3-5-16(15)18)20(14-6-7-14)17(21)13-8-10-19-11-9-13/h2-5,8-12,14H,6-7H2,1H3. The van der Waals surface area contributed by atoms with Crippen molar-refractivity contribution < 1.29 is 9.18 Å². The van der Waals surface area contributed by atoms with Crippen LogP contribution in [0.1, 0.15) is 41.7 Å². The van der Waals surface area contributed by atoms with Crippen LogP contribution < -0.4 is 0 Å². The van der Waals surface area contributed by atoms with Gasteiger partial charge in [-0.1, -0.05) is 18.2 Å². The number of hydrogen-bond acceptors (Lipinski definition) is 2. The number of benzene rings is 1. The van der Waals surface area contributed by atoms with Crippen molar-refractivity contribution in [3.05, 3.63) is 65.7 Å². The van der Waals surface area contributed by atoms with E-state index in [-0.39, 0.29) is 23.8 Å². The van der Waals surface area contributed by atoms with Crippen LogP contribution in [0.25, 0.3) is 0 Å². The van der Waals surface area contributed by atoms with Gasteiger partial charge in [0.15, 0.2) is 0 Å². The smallest absolute Gasteiger partial charge is 0.254 e. The number of hydrogen-bond donors (Lipinski definition) is 0. The Labute approximate surface area is 123 Å². The Morgan fingerprint density at radius 1 is 1.24 bits per heavy atom. The van der Waals surface area contributed by atoms with Crippen molar-refractivity contribution in [2.24, 2.45) is 0 Å². The first-order valence-electron chi connectivity index (χ1n) is 7.15. The van der Waals surface area contributed by atoms with Crippen molar-refractivity contribution in [1.82, 2.24) is 9.88 Å². The fourth-order valence-corrected chi connectivity index (χ4v) is 2.62. The van der Waals surface area contributed by atoms with Crippen molar-refractivity contribution in [3.63, 3.8) is 0 Å². The Bertz CT molecular complexity index is 640. The van der Waals surface area contributed by atoms with Crippen LogP contribution in [0.4, 0.5) is 4.39 Å². The van der Waals surface area contributed by atoms with Gasteiger partial charge in [0.1, 0.15) is 5.82 Å². The molecule has 1 amide bonds. The maximum absolute atomic E-state index is 14.0. The highest BCUT2D eigenvalue weighted by atomic mass is 19.1. The first-order valence-corrected chi connectivity index (χ1v) is 7.15. The minimum atomic E-state index is -0.278. The van der Waals surface area contributed by atoms with Crippen LogP contribution in [0.5, 0.6) is 0 Å². The third-order valence-electron chi connectivity index (χ3n) is 3.87. The SMILES string of the molecule is CC(c1ccccc1F)N(C(=O)c1ccncc1)C1CC1. The van der Waals surface area contributed by atoms with E-state index in [1.54, 1.807) is 47.6 Å². The molecule has 0 aliphatic heterocycles. The molecular weight excluding hydrogens is 267 g/mol. The van der Waals surface area contributed by atoms with Gasteiger partial charge >= 0.3 is 0 Å². The van der Waals surface area contributed by atoms with Gasteiger partial charge in [0.25, 0.3) is 5.91 Å². The molecule has 4 heteroatoms. The van der Waals surface area contributed by atoms with Crippen LogP contribution in [0.3, 0.4) is 0 Å². The second kappa shape index (κ2) is 5.64. The molecule has 1 saturated carbocycles. The predicted octanol–water partition coefficient (Wildman–Crippen LogP) is 3.59. The summed E-state index contributed by atoms with van der Waals surface area (Å²) in [5, 5.41) is 0. The Morgan fingerprint density at radius 3 is 2.52 bits per heavy atom. The summed E-state index contributed by atoms with van der Waals surface area (Å²) in [4.78, 5) is 18.5. The van der Waals surface area contributed by atoms with Gasteiger partial charge in [0.2, 0.25) is 0 Å². The van der Waals surface area contributed by atoms with E-state index in [2.05, 4.69) is 4.98 Å². The number of rotatable bonds is 4.